The van der Waals surface area contributed by atoms with Crippen LogP contribution in [0, 0.1) is 0 Å². The Hall–Kier alpha value is -7.84. The Morgan fingerprint density at radius 2 is 0.985 bits per heavy atom. The van der Waals surface area contributed by atoms with Gasteiger partial charge in [-0.2, -0.15) is 0 Å². The largest absolute Gasteiger partial charge is 0.309 e. The normalized spacial score (nSPS) is 13.4. The summed E-state index contributed by atoms with van der Waals surface area (Å²) in [5.41, 5.74) is 18.3. The van der Waals surface area contributed by atoms with Crippen LogP contribution in [0.3, 0.4) is 0 Å². The van der Waals surface area contributed by atoms with Crippen LogP contribution in [0.15, 0.2) is 218 Å². The molecular formula is C63H45N2OP. The highest BCUT2D eigenvalue weighted by Gasteiger charge is 2.52. The van der Waals surface area contributed by atoms with Crippen LogP contribution < -0.4 is 15.9 Å². The number of nitrogens with zero attached hydrogens (tertiary/aromatic N) is 2. The highest BCUT2D eigenvalue weighted by atomic mass is 31.2. The lowest BCUT2D eigenvalue weighted by Crippen LogP contribution is -2.29. The first kappa shape index (κ1) is 39.5. The fourth-order valence-corrected chi connectivity index (χ4v) is 14.3. The van der Waals surface area contributed by atoms with Crippen molar-refractivity contribution in [2.24, 2.45) is 0 Å². The third-order valence-corrected chi connectivity index (χ3v) is 17.6. The van der Waals surface area contributed by atoms with E-state index in [0.29, 0.717) is 0 Å². The molecule has 2 aliphatic carbocycles. The molecule has 9 aromatic carbocycles. The van der Waals surface area contributed by atoms with Gasteiger partial charge in [0.2, 0.25) is 0 Å². The molecular weight excluding hydrogens is 832 g/mol. The molecule has 67 heavy (non-hydrogen) atoms. The fourth-order valence-electron chi connectivity index (χ4n) is 11.6. The summed E-state index contributed by atoms with van der Waals surface area (Å²) in [5.74, 6) is 0. The van der Waals surface area contributed by atoms with E-state index < -0.39 is 12.6 Å². The summed E-state index contributed by atoms with van der Waals surface area (Å²) in [6.07, 6.45) is 5.17. The highest BCUT2D eigenvalue weighted by Crippen LogP contribution is 2.63. The van der Waals surface area contributed by atoms with Crippen molar-refractivity contribution in [1.82, 2.24) is 9.38 Å². The number of imidazole rings is 1. The van der Waals surface area contributed by atoms with Gasteiger partial charge in [0.05, 0.1) is 22.3 Å². The Kier molecular flexibility index (Phi) is 8.91. The Morgan fingerprint density at radius 3 is 1.61 bits per heavy atom. The Labute approximate surface area is 390 Å². The molecule has 2 aromatic heterocycles. The van der Waals surface area contributed by atoms with E-state index in [0.717, 1.165) is 67.1 Å². The number of pyridine rings is 1. The van der Waals surface area contributed by atoms with Crippen LogP contribution in [0.5, 0.6) is 0 Å². The van der Waals surface area contributed by atoms with Gasteiger partial charge in [0.15, 0.2) is 7.14 Å². The van der Waals surface area contributed by atoms with Gasteiger partial charge in [-0.25, -0.2) is 4.98 Å². The number of hydrogen-bond donors (Lipinski definition) is 0. The molecule has 0 amide bonds. The molecule has 0 saturated carbocycles. The first-order chi connectivity index (χ1) is 33.0. The van der Waals surface area contributed by atoms with Gasteiger partial charge in [0.1, 0.15) is 5.65 Å². The van der Waals surface area contributed by atoms with Crippen LogP contribution in [-0.2, 0) is 16.4 Å². The number of hydrogen-bond acceptors (Lipinski definition) is 2. The lowest BCUT2D eigenvalue weighted by atomic mass is 9.70. The summed E-state index contributed by atoms with van der Waals surface area (Å²) < 4.78 is 18.3. The van der Waals surface area contributed by atoms with E-state index in [9.17, 15) is 0 Å². The van der Waals surface area contributed by atoms with Crippen LogP contribution in [0.25, 0.3) is 77.9 Å². The summed E-state index contributed by atoms with van der Waals surface area (Å²) >= 11 is 0. The van der Waals surface area contributed by atoms with E-state index >= 15 is 4.57 Å². The molecule has 3 nitrogen and oxygen atoms in total. The second-order valence-electron chi connectivity index (χ2n) is 17.9. The molecule has 1 spiro atoms. The zero-order valence-corrected chi connectivity index (χ0v) is 38.2. The van der Waals surface area contributed by atoms with Crippen LogP contribution in [0.1, 0.15) is 47.5 Å². The summed E-state index contributed by atoms with van der Waals surface area (Å²) in [7, 11) is -3.27. The minimum Gasteiger partial charge on any atom is -0.309 e. The van der Waals surface area contributed by atoms with Gasteiger partial charge in [-0.3, -0.25) is 4.40 Å². The Bertz CT molecular complexity index is 3790. The third kappa shape index (κ3) is 5.59. The maximum absolute atomic E-state index is 16.0. The highest BCUT2D eigenvalue weighted by molar-refractivity contribution is 7.85. The topological polar surface area (TPSA) is 34.4 Å². The van der Waals surface area contributed by atoms with E-state index in [4.69, 9.17) is 4.98 Å². The molecule has 0 N–H and O–H groups in total. The molecule has 2 aliphatic rings. The number of rotatable bonds is 7. The van der Waals surface area contributed by atoms with Crippen molar-refractivity contribution in [3.8, 4) is 44.5 Å². The van der Waals surface area contributed by atoms with Gasteiger partial charge in [0, 0.05) is 26.7 Å². The first-order valence-electron chi connectivity index (χ1n) is 23.3. The molecule has 318 valence electrons. The lowest BCUT2D eigenvalue weighted by Gasteiger charge is -2.31. The van der Waals surface area contributed by atoms with Crippen LogP contribution in [-0.4, -0.2) is 9.38 Å². The summed E-state index contributed by atoms with van der Waals surface area (Å²) in [4.78, 5) is 5.20. The maximum atomic E-state index is 16.0. The van der Waals surface area contributed by atoms with E-state index in [-0.39, 0.29) is 0 Å². The molecule has 0 atom stereocenters. The zero-order valence-electron chi connectivity index (χ0n) is 37.3. The zero-order chi connectivity index (χ0) is 44.9. The summed E-state index contributed by atoms with van der Waals surface area (Å²) in [5, 5.41) is 6.11. The van der Waals surface area contributed by atoms with E-state index in [1.807, 2.05) is 60.7 Å². The number of benzene rings is 9. The Morgan fingerprint density at radius 1 is 0.478 bits per heavy atom. The van der Waals surface area contributed by atoms with Crippen LogP contribution in [0.4, 0.5) is 0 Å². The van der Waals surface area contributed by atoms with Crippen molar-refractivity contribution in [2.75, 3.05) is 0 Å². The lowest BCUT2D eigenvalue weighted by molar-refractivity contribution is 0.592. The van der Waals surface area contributed by atoms with Crippen molar-refractivity contribution in [2.45, 2.75) is 25.7 Å². The monoisotopic (exact) mass is 876 g/mol. The SMILES string of the molecule is C/C=C\c1c(CC)nc2c3ccccc3c3ccc(-c4ccc(-c5ccc6c(c5)C5(c7ccccc7-c7ccccc75)c5cc(P(=O)(c7ccccc7)c7ccccc7)ccc5-6)cc4)cc3n12. The number of fused-ring (bicyclic) bond motifs is 16. The maximum Gasteiger partial charge on any atom is 0.171 e. The van der Waals surface area contributed by atoms with Crippen molar-refractivity contribution >= 4 is 56.5 Å². The smallest absolute Gasteiger partial charge is 0.171 e. The van der Waals surface area contributed by atoms with E-state index in [2.05, 4.69) is 182 Å². The van der Waals surface area contributed by atoms with Gasteiger partial charge < -0.3 is 4.57 Å². The van der Waals surface area contributed by atoms with Crippen LogP contribution in [0.2, 0.25) is 0 Å². The predicted octanol–water partition coefficient (Wildman–Crippen LogP) is 14.6. The fraction of sp³-hybridized carbons (Fsp3) is 0.0635. The van der Waals surface area contributed by atoms with Gasteiger partial charge in [0.25, 0.3) is 0 Å². The van der Waals surface area contributed by atoms with Gasteiger partial charge >= 0.3 is 0 Å². The van der Waals surface area contributed by atoms with Crippen LogP contribution >= 0.6 is 7.14 Å². The molecule has 13 rings (SSSR count). The molecule has 0 bridgehead atoms. The first-order valence-corrected chi connectivity index (χ1v) is 25.0. The van der Waals surface area contributed by atoms with Gasteiger partial charge in [-0.1, -0.05) is 207 Å². The molecule has 0 saturated heterocycles. The number of allylic oxidation sites excluding steroid dienone is 1. The average Bonchev–Trinajstić information content (AvgIpc) is 4.03. The number of aromatic nitrogens is 2. The minimum absolute atomic E-state index is 0.612. The molecule has 0 fully saturated rings. The van der Waals surface area contributed by atoms with Crippen molar-refractivity contribution in [3.63, 3.8) is 0 Å². The molecule has 2 heterocycles. The quantitative estimate of drug-likeness (QED) is 0.118. The number of aryl methyl sites for hydroxylation is 1. The molecule has 0 radical (unpaired) electrons. The molecule has 11 aromatic rings. The average molecular weight is 877 g/mol. The van der Waals surface area contributed by atoms with Crippen molar-refractivity contribution in [1.29, 1.82) is 0 Å². The van der Waals surface area contributed by atoms with Gasteiger partial charge in [-0.15, -0.1) is 0 Å². The standard InChI is InChI=1S/C63H45N2OP/c1-3-17-60-59(4-2)64-62-54-25-12-11-22-48(54)53-36-33-44(39-61(53)65(60)62)42-30-28-41(29-31-42)43-32-35-51-52-37-34-47(67(66,45-18-7-5-8-19-45)46-20-9-6-10-21-46)40-58(52)63(57(51)38-43)55-26-15-13-23-49(55)50-24-14-16-27-56(50)63/h3,5-40H,4H2,1-2H3/b17-3-. The minimum atomic E-state index is -3.27. The second kappa shape index (κ2) is 15.1. The molecule has 0 aliphatic heterocycles. The Balaban J connectivity index is 0.972. The third-order valence-electron chi connectivity index (χ3n) is 14.6. The predicted molar refractivity (Wildman–Crippen MR) is 281 cm³/mol. The van der Waals surface area contributed by atoms with E-state index in [1.165, 1.54) is 60.7 Å². The summed E-state index contributed by atoms with van der Waals surface area (Å²) in [6.45, 7) is 4.26. The van der Waals surface area contributed by atoms with E-state index in [1.54, 1.807) is 0 Å². The molecule has 4 heteroatoms. The van der Waals surface area contributed by atoms with Crippen molar-refractivity contribution in [3.05, 3.63) is 252 Å². The second-order valence-corrected chi connectivity index (χ2v) is 20.7. The van der Waals surface area contributed by atoms with Crippen molar-refractivity contribution < 1.29 is 4.57 Å². The molecule has 0 unspecified atom stereocenters. The summed E-state index contributed by atoms with van der Waals surface area (Å²) in [6, 6.07) is 76.2. The van der Waals surface area contributed by atoms with Gasteiger partial charge in [-0.05, 0) is 110 Å².